The zero-order chi connectivity index (χ0) is 16.8. The van der Waals surface area contributed by atoms with Gasteiger partial charge in [0.1, 0.15) is 6.61 Å². The van der Waals surface area contributed by atoms with Crippen LogP contribution in [0.15, 0.2) is 66.9 Å². The molecule has 1 aromatic heterocycles. The number of aliphatic hydroxyl groups excluding tert-OH is 1. The van der Waals surface area contributed by atoms with E-state index in [9.17, 15) is 5.11 Å². The molecule has 1 heterocycles. The zero-order valence-electron chi connectivity index (χ0n) is 13.5. The van der Waals surface area contributed by atoms with Crippen molar-refractivity contribution in [3.05, 3.63) is 78.0 Å². The van der Waals surface area contributed by atoms with Gasteiger partial charge in [-0.05, 0) is 29.8 Å². The summed E-state index contributed by atoms with van der Waals surface area (Å²) in [5, 5.41) is 9.48. The molecule has 4 nitrogen and oxygen atoms in total. The van der Waals surface area contributed by atoms with Gasteiger partial charge in [0.25, 0.3) is 0 Å². The second kappa shape index (κ2) is 7.62. The number of rotatable bonds is 6. The molecule has 0 spiro atoms. The standard InChI is InChI=1S/C20H19NO3/c1-23-19-12-16(20-17(13-22)8-5-11-21-20)9-10-18(19)24-14-15-6-3-2-4-7-15/h2-12,22H,13-14H2,1H3. The fraction of sp³-hybridized carbons (Fsp3) is 0.150. The average molecular weight is 321 g/mol. The maximum Gasteiger partial charge on any atom is 0.161 e. The number of benzene rings is 2. The van der Waals surface area contributed by atoms with Crippen LogP contribution in [0.3, 0.4) is 0 Å². The van der Waals surface area contributed by atoms with E-state index in [0.717, 1.165) is 22.4 Å². The van der Waals surface area contributed by atoms with Gasteiger partial charge in [-0.25, -0.2) is 0 Å². The van der Waals surface area contributed by atoms with Crippen molar-refractivity contribution in [2.75, 3.05) is 7.11 Å². The van der Waals surface area contributed by atoms with Crippen LogP contribution in [0.1, 0.15) is 11.1 Å². The van der Waals surface area contributed by atoms with Crippen molar-refractivity contribution in [2.24, 2.45) is 0 Å². The van der Waals surface area contributed by atoms with Crippen molar-refractivity contribution in [3.63, 3.8) is 0 Å². The third-order valence-electron chi connectivity index (χ3n) is 3.74. The highest BCUT2D eigenvalue weighted by atomic mass is 16.5. The predicted molar refractivity (Wildman–Crippen MR) is 92.9 cm³/mol. The molecule has 3 rings (SSSR count). The van der Waals surface area contributed by atoms with Crippen LogP contribution in [0.25, 0.3) is 11.3 Å². The second-order valence-corrected chi connectivity index (χ2v) is 5.31. The lowest BCUT2D eigenvalue weighted by atomic mass is 10.1. The van der Waals surface area contributed by atoms with E-state index in [1.54, 1.807) is 13.3 Å². The van der Waals surface area contributed by atoms with Crippen LogP contribution in [0, 0.1) is 0 Å². The Kier molecular flexibility index (Phi) is 5.08. The third-order valence-corrected chi connectivity index (χ3v) is 3.74. The summed E-state index contributed by atoms with van der Waals surface area (Å²) in [6.45, 7) is 0.416. The van der Waals surface area contributed by atoms with Gasteiger partial charge in [-0.2, -0.15) is 0 Å². The van der Waals surface area contributed by atoms with E-state index in [0.29, 0.717) is 18.1 Å². The first-order valence-corrected chi connectivity index (χ1v) is 7.71. The van der Waals surface area contributed by atoms with Gasteiger partial charge in [-0.3, -0.25) is 4.98 Å². The molecule has 0 aliphatic rings. The van der Waals surface area contributed by atoms with E-state index in [1.165, 1.54) is 0 Å². The summed E-state index contributed by atoms with van der Waals surface area (Å²) >= 11 is 0. The van der Waals surface area contributed by atoms with E-state index < -0.39 is 0 Å². The Morgan fingerprint density at radius 3 is 2.54 bits per heavy atom. The number of hydrogen-bond acceptors (Lipinski definition) is 4. The SMILES string of the molecule is COc1cc(-c2ncccc2CO)ccc1OCc1ccccc1. The summed E-state index contributed by atoms with van der Waals surface area (Å²) in [5.41, 5.74) is 3.49. The number of aliphatic hydroxyl groups is 1. The van der Waals surface area contributed by atoms with Gasteiger partial charge in [0.05, 0.1) is 19.4 Å². The average Bonchev–Trinajstić information content (AvgIpc) is 2.67. The molecule has 0 saturated heterocycles. The van der Waals surface area contributed by atoms with Crippen LogP contribution in [0.5, 0.6) is 11.5 Å². The largest absolute Gasteiger partial charge is 0.493 e. The quantitative estimate of drug-likeness (QED) is 0.750. The van der Waals surface area contributed by atoms with Crippen LogP contribution in [-0.4, -0.2) is 17.2 Å². The molecule has 0 radical (unpaired) electrons. The molecule has 0 atom stereocenters. The van der Waals surface area contributed by atoms with Crippen LogP contribution in [0.2, 0.25) is 0 Å². The van der Waals surface area contributed by atoms with Crippen molar-refractivity contribution in [2.45, 2.75) is 13.2 Å². The number of nitrogens with zero attached hydrogens (tertiary/aromatic N) is 1. The van der Waals surface area contributed by atoms with Crippen molar-refractivity contribution in [1.82, 2.24) is 4.98 Å². The maximum absolute atomic E-state index is 9.48. The first-order valence-electron chi connectivity index (χ1n) is 7.71. The molecule has 0 saturated carbocycles. The maximum atomic E-state index is 9.48. The Labute approximate surface area is 141 Å². The zero-order valence-corrected chi connectivity index (χ0v) is 13.5. The number of aromatic nitrogens is 1. The number of hydrogen-bond donors (Lipinski definition) is 1. The lowest BCUT2D eigenvalue weighted by Crippen LogP contribution is -1.98. The molecule has 0 bridgehead atoms. The van der Waals surface area contributed by atoms with Crippen molar-refractivity contribution in [1.29, 1.82) is 0 Å². The fourth-order valence-corrected chi connectivity index (χ4v) is 2.50. The number of pyridine rings is 1. The normalized spacial score (nSPS) is 10.4. The number of ether oxygens (including phenoxy) is 2. The van der Waals surface area contributed by atoms with E-state index in [2.05, 4.69) is 4.98 Å². The summed E-state index contributed by atoms with van der Waals surface area (Å²) in [4.78, 5) is 4.36. The third kappa shape index (κ3) is 3.55. The summed E-state index contributed by atoms with van der Waals surface area (Å²) in [6.07, 6.45) is 1.71. The Morgan fingerprint density at radius 1 is 0.958 bits per heavy atom. The molecule has 3 aromatic rings. The van der Waals surface area contributed by atoms with Gasteiger partial charge in [-0.15, -0.1) is 0 Å². The molecule has 0 fully saturated rings. The van der Waals surface area contributed by atoms with Gasteiger partial charge < -0.3 is 14.6 Å². The van der Waals surface area contributed by atoms with Gasteiger partial charge >= 0.3 is 0 Å². The minimum Gasteiger partial charge on any atom is -0.493 e. The molecule has 2 aromatic carbocycles. The minimum absolute atomic E-state index is 0.0578. The Morgan fingerprint density at radius 2 is 1.79 bits per heavy atom. The Balaban J connectivity index is 1.85. The molecule has 24 heavy (non-hydrogen) atoms. The monoisotopic (exact) mass is 321 g/mol. The molecular weight excluding hydrogens is 302 g/mol. The van der Waals surface area contributed by atoms with E-state index in [-0.39, 0.29) is 6.61 Å². The second-order valence-electron chi connectivity index (χ2n) is 5.31. The fourth-order valence-electron chi connectivity index (χ4n) is 2.50. The molecule has 122 valence electrons. The summed E-state index contributed by atoms with van der Waals surface area (Å²) in [5.74, 6) is 1.31. The van der Waals surface area contributed by atoms with Crippen LogP contribution >= 0.6 is 0 Å². The smallest absolute Gasteiger partial charge is 0.161 e. The topological polar surface area (TPSA) is 51.6 Å². The van der Waals surface area contributed by atoms with Crippen LogP contribution in [0.4, 0.5) is 0 Å². The summed E-state index contributed by atoms with van der Waals surface area (Å²) < 4.78 is 11.3. The lowest BCUT2D eigenvalue weighted by Gasteiger charge is -2.13. The van der Waals surface area contributed by atoms with E-state index in [1.807, 2.05) is 60.7 Å². The minimum atomic E-state index is -0.0578. The van der Waals surface area contributed by atoms with Crippen molar-refractivity contribution >= 4 is 0 Å². The van der Waals surface area contributed by atoms with Gasteiger partial charge in [0.2, 0.25) is 0 Å². The molecule has 0 aliphatic heterocycles. The molecular formula is C20H19NO3. The van der Waals surface area contributed by atoms with Crippen molar-refractivity contribution in [3.8, 4) is 22.8 Å². The first-order chi connectivity index (χ1) is 11.8. The highest BCUT2D eigenvalue weighted by molar-refractivity contribution is 5.66. The van der Waals surface area contributed by atoms with Crippen LogP contribution < -0.4 is 9.47 Å². The van der Waals surface area contributed by atoms with Gasteiger partial charge in [-0.1, -0.05) is 36.4 Å². The lowest BCUT2D eigenvalue weighted by molar-refractivity contribution is 0.282. The van der Waals surface area contributed by atoms with Crippen molar-refractivity contribution < 1.29 is 14.6 Å². The van der Waals surface area contributed by atoms with Gasteiger partial charge in [0, 0.05) is 17.3 Å². The Hall–Kier alpha value is -2.85. The highest BCUT2D eigenvalue weighted by Gasteiger charge is 2.11. The molecule has 0 amide bonds. The molecule has 0 aliphatic carbocycles. The predicted octanol–water partition coefficient (Wildman–Crippen LogP) is 3.83. The molecule has 4 heteroatoms. The number of methoxy groups -OCH3 is 1. The van der Waals surface area contributed by atoms with Gasteiger partial charge in [0.15, 0.2) is 11.5 Å². The van der Waals surface area contributed by atoms with Crippen LogP contribution in [-0.2, 0) is 13.2 Å². The van der Waals surface area contributed by atoms with E-state index in [4.69, 9.17) is 9.47 Å². The highest BCUT2D eigenvalue weighted by Crippen LogP contribution is 2.33. The molecule has 0 unspecified atom stereocenters. The Bertz CT molecular complexity index is 803. The summed E-state index contributed by atoms with van der Waals surface area (Å²) in [7, 11) is 1.61. The van der Waals surface area contributed by atoms with E-state index >= 15 is 0 Å². The summed E-state index contributed by atoms with van der Waals surface area (Å²) in [6, 6.07) is 19.3. The molecule has 1 N–H and O–H groups in total. The first kappa shape index (κ1) is 16.0.